The molecule has 14 heavy (non-hydrogen) atoms. The zero-order valence-electron chi connectivity index (χ0n) is 8.92. The summed E-state index contributed by atoms with van der Waals surface area (Å²) in [7, 11) is 0. The Morgan fingerprint density at radius 3 is 2.50 bits per heavy atom. The zero-order valence-corrected chi connectivity index (χ0v) is 8.92. The number of hydrogen-bond donors (Lipinski definition) is 1. The van der Waals surface area contributed by atoms with Gasteiger partial charge >= 0.3 is 5.97 Å². The van der Waals surface area contributed by atoms with E-state index < -0.39 is 5.97 Å². The summed E-state index contributed by atoms with van der Waals surface area (Å²) in [6, 6.07) is 0. The fourth-order valence-corrected chi connectivity index (χ4v) is 0.998. The fourth-order valence-electron chi connectivity index (χ4n) is 0.998. The van der Waals surface area contributed by atoms with E-state index in [1.807, 2.05) is 0 Å². The van der Waals surface area contributed by atoms with Crippen LogP contribution in [-0.2, 0) is 9.53 Å². The maximum Gasteiger partial charge on any atom is 0.330 e. The van der Waals surface area contributed by atoms with Crippen molar-refractivity contribution in [3.8, 4) is 0 Å². The van der Waals surface area contributed by atoms with E-state index in [1.165, 1.54) is 0 Å². The Hall–Kier alpha value is -0.830. The molecule has 3 nitrogen and oxygen atoms in total. The van der Waals surface area contributed by atoms with Gasteiger partial charge in [0.2, 0.25) is 0 Å². The van der Waals surface area contributed by atoms with Crippen molar-refractivity contribution in [2.75, 3.05) is 13.2 Å². The van der Waals surface area contributed by atoms with Gasteiger partial charge in [-0.05, 0) is 25.7 Å². The zero-order chi connectivity index (χ0) is 10.8. The summed E-state index contributed by atoms with van der Waals surface area (Å²) in [6.07, 6.45) is 4.57. The van der Waals surface area contributed by atoms with Crippen LogP contribution in [0.25, 0.3) is 0 Å². The van der Waals surface area contributed by atoms with Gasteiger partial charge in [0, 0.05) is 18.8 Å². The smallest absolute Gasteiger partial charge is 0.330 e. The van der Waals surface area contributed by atoms with E-state index in [0.29, 0.717) is 12.0 Å². The second-order valence-electron chi connectivity index (χ2n) is 3.33. The Labute approximate surface area is 85.8 Å². The van der Waals surface area contributed by atoms with Crippen LogP contribution in [0.1, 0.15) is 39.0 Å². The number of carbonyl (C=O) groups is 1. The van der Waals surface area contributed by atoms with Gasteiger partial charge in [0.15, 0.2) is 0 Å². The van der Waals surface area contributed by atoms with Crippen LogP contribution in [0, 0.1) is 0 Å². The number of carboxylic acid groups (broad SMARTS) is 1. The van der Waals surface area contributed by atoms with Crippen LogP contribution in [0.2, 0.25) is 0 Å². The molecule has 0 aliphatic rings. The second-order valence-corrected chi connectivity index (χ2v) is 3.33. The molecule has 0 aromatic rings. The molecule has 0 rings (SSSR count). The quantitative estimate of drug-likeness (QED) is 0.459. The second kappa shape index (κ2) is 8.75. The first-order valence-corrected chi connectivity index (χ1v) is 5.17. The predicted octanol–water partition coefficient (Wildman–Crippen LogP) is 2.61. The van der Waals surface area contributed by atoms with E-state index in [4.69, 9.17) is 9.84 Å². The molecule has 0 amide bonds. The SMILES string of the molecule is C=C(CCCCOCCCC)C(=O)O. The monoisotopic (exact) mass is 200 g/mol. The number of ether oxygens (including phenoxy) is 1. The average Bonchev–Trinajstić information content (AvgIpc) is 2.16. The molecule has 3 heteroatoms. The molecule has 0 saturated heterocycles. The Kier molecular flexibility index (Phi) is 8.24. The highest BCUT2D eigenvalue weighted by Gasteiger charge is 2.02. The maximum atomic E-state index is 10.4. The number of unbranched alkanes of at least 4 members (excludes halogenated alkanes) is 2. The van der Waals surface area contributed by atoms with Crippen LogP contribution < -0.4 is 0 Å². The molecule has 0 bridgehead atoms. The Morgan fingerprint density at radius 1 is 1.29 bits per heavy atom. The van der Waals surface area contributed by atoms with Crippen molar-refractivity contribution < 1.29 is 14.6 Å². The molecule has 0 radical (unpaired) electrons. The van der Waals surface area contributed by atoms with E-state index in [-0.39, 0.29) is 0 Å². The van der Waals surface area contributed by atoms with Crippen LogP contribution in [0.5, 0.6) is 0 Å². The minimum atomic E-state index is -0.892. The van der Waals surface area contributed by atoms with Crippen LogP contribution in [0.4, 0.5) is 0 Å². The lowest BCUT2D eigenvalue weighted by Gasteiger charge is -2.03. The van der Waals surface area contributed by atoms with Crippen LogP contribution in [-0.4, -0.2) is 24.3 Å². The Balaban J connectivity index is 3.13. The third-order valence-corrected chi connectivity index (χ3v) is 1.96. The first kappa shape index (κ1) is 13.2. The summed E-state index contributed by atoms with van der Waals surface area (Å²) in [5.41, 5.74) is 0.290. The lowest BCUT2D eigenvalue weighted by Crippen LogP contribution is -2.00. The molecule has 0 atom stereocenters. The molecule has 0 fully saturated rings. The van der Waals surface area contributed by atoms with E-state index in [1.54, 1.807) is 0 Å². The van der Waals surface area contributed by atoms with Crippen molar-refractivity contribution in [2.24, 2.45) is 0 Å². The van der Waals surface area contributed by atoms with Gasteiger partial charge in [-0.15, -0.1) is 0 Å². The van der Waals surface area contributed by atoms with Crippen molar-refractivity contribution in [3.05, 3.63) is 12.2 Å². The molecule has 0 aromatic heterocycles. The summed E-state index contributed by atoms with van der Waals surface area (Å²) in [5, 5.41) is 8.52. The van der Waals surface area contributed by atoms with Gasteiger partial charge < -0.3 is 9.84 Å². The Bertz CT molecular complexity index is 175. The molecule has 0 saturated carbocycles. The molecule has 82 valence electrons. The standard InChI is InChI=1S/C11H20O3/c1-3-4-8-14-9-6-5-7-10(2)11(12)13/h2-9H2,1H3,(H,12,13). The molecule has 0 aliphatic carbocycles. The lowest BCUT2D eigenvalue weighted by atomic mass is 10.1. The van der Waals surface area contributed by atoms with Crippen LogP contribution >= 0.6 is 0 Å². The predicted molar refractivity (Wildman–Crippen MR) is 56.4 cm³/mol. The maximum absolute atomic E-state index is 10.4. The van der Waals surface area contributed by atoms with Crippen molar-refractivity contribution in [3.63, 3.8) is 0 Å². The van der Waals surface area contributed by atoms with E-state index >= 15 is 0 Å². The number of rotatable bonds is 9. The van der Waals surface area contributed by atoms with E-state index in [9.17, 15) is 4.79 Å². The minimum absolute atomic E-state index is 0.290. The number of hydrogen-bond acceptors (Lipinski definition) is 2. The topological polar surface area (TPSA) is 46.5 Å². The summed E-state index contributed by atoms with van der Waals surface area (Å²) in [4.78, 5) is 10.4. The first-order valence-electron chi connectivity index (χ1n) is 5.17. The van der Waals surface area contributed by atoms with E-state index in [2.05, 4.69) is 13.5 Å². The van der Waals surface area contributed by atoms with Crippen molar-refractivity contribution in [2.45, 2.75) is 39.0 Å². The van der Waals surface area contributed by atoms with Gasteiger partial charge in [0.25, 0.3) is 0 Å². The third kappa shape index (κ3) is 7.80. The number of aliphatic carboxylic acids is 1. The highest BCUT2D eigenvalue weighted by atomic mass is 16.5. The summed E-state index contributed by atoms with van der Waals surface area (Å²) in [6.45, 7) is 7.13. The lowest BCUT2D eigenvalue weighted by molar-refractivity contribution is -0.132. The molecular formula is C11H20O3. The van der Waals surface area contributed by atoms with E-state index in [0.717, 1.165) is 38.9 Å². The van der Waals surface area contributed by atoms with Gasteiger partial charge in [-0.1, -0.05) is 19.9 Å². The highest BCUT2D eigenvalue weighted by molar-refractivity contribution is 5.85. The van der Waals surface area contributed by atoms with Gasteiger partial charge in [-0.2, -0.15) is 0 Å². The summed E-state index contributed by atoms with van der Waals surface area (Å²) >= 11 is 0. The van der Waals surface area contributed by atoms with Crippen molar-refractivity contribution in [1.82, 2.24) is 0 Å². The molecule has 0 aliphatic heterocycles. The van der Waals surface area contributed by atoms with Crippen LogP contribution in [0.15, 0.2) is 12.2 Å². The van der Waals surface area contributed by atoms with Crippen LogP contribution in [0.3, 0.4) is 0 Å². The molecule has 0 aromatic carbocycles. The molecular weight excluding hydrogens is 180 g/mol. The number of carboxylic acids is 1. The normalized spacial score (nSPS) is 10.1. The fraction of sp³-hybridized carbons (Fsp3) is 0.727. The van der Waals surface area contributed by atoms with Gasteiger partial charge in [0.05, 0.1) is 0 Å². The first-order chi connectivity index (χ1) is 6.68. The molecule has 0 spiro atoms. The summed E-state index contributed by atoms with van der Waals surface area (Å²) in [5.74, 6) is -0.892. The molecule has 0 unspecified atom stereocenters. The molecule has 1 N–H and O–H groups in total. The van der Waals surface area contributed by atoms with Crippen molar-refractivity contribution >= 4 is 5.97 Å². The van der Waals surface area contributed by atoms with Gasteiger partial charge in [0.1, 0.15) is 0 Å². The average molecular weight is 200 g/mol. The third-order valence-electron chi connectivity index (χ3n) is 1.96. The van der Waals surface area contributed by atoms with Gasteiger partial charge in [-0.25, -0.2) is 4.79 Å². The van der Waals surface area contributed by atoms with Crippen molar-refractivity contribution in [1.29, 1.82) is 0 Å². The highest BCUT2D eigenvalue weighted by Crippen LogP contribution is 2.05. The van der Waals surface area contributed by atoms with Gasteiger partial charge in [-0.3, -0.25) is 0 Å². The summed E-state index contributed by atoms with van der Waals surface area (Å²) < 4.78 is 5.34. The minimum Gasteiger partial charge on any atom is -0.478 e. The molecule has 0 heterocycles. The Morgan fingerprint density at radius 2 is 1.93 bits per heavy atom. The largest absolute Gasteiger partial charge is 0.478 e.